The number of rotatable bonds is 49. The quantitative estimate of drug-likeness (QED) is 0.0245. The molecule has 15 atom stereocenters. The summed E-state index contributed by atoms with van der Waals surface area (Å²) < 4.78 is 5.73. The molecule has 18 amide bonds. The van der Waals surface area contributed by atoms with Gasteiger partial charge in [-0.3, -0.25) is 91.1 Å². The summed E-state index contributed by atoms with van der Waals surface area (Å²) in [6.07, 6.45) is -2.44. The predicted molar refractivity (Wildman–Crippen MR) is 454 cm³/mol. The van der Waals surface area contributed by atoms with Crippen molar-refractivity contribution >= 4 is 118 Å². The first-order valence-corrected chi connectivity index (χ1v) is 43.2. The van der Waals surface area contributed by atoms with Gasteiger partial charge in [0.25, 0.3) is 0 Å². The molecule has 0 saturated carbocycles. The normalized spacial score (nSPS) is 20.5. The second kappa shape index (κ2) is 57.0. The van der Waals surface area contributed by atoms with E-state index >= 15 is 9.59 Å². The fourth-order valence-electron chi connectivity index (χ4n) is 13.3. The number of nitrogens with two attached hydrogens (primary N) is 4. The molecule has 1 aliphatic rings. The Hall–Kier alpha value is -10.6. The van der Waals surface area contributed by atoms with E-state index in [1.807, 2.05) is 0 Å². The molecule has 0 radical (unpaired) electrons. The lowest BCUT2D eigenvalue weighted by molar-refractivity contribution is -0.152. The number of unbranched alkanes of at least 4 members (excludes halogenated alkanes) is 4. The maximum atomic E-state index is 15.1. The lowest BCUT2D eigenvalue weighted by atomic mass is 9.98. The van der Waals surface area contributed by atoms with Crippen LogP contribution in [0.3, 0.4) is 0 Å². The summed E-state index contributed by atoms with van der Waals surface area (Å²) in [5, 5.41) is 55.9. The van der Waals surface area contributed by atoms with Gasteiger partial charge in [0, 0.05) is 32.1 Å². The number of hydrogen-bond donors (Lipinski definition) is 20. The lowest BCUT2D eigenvalue weighted by Crippen LogP contribution is -2.62. The summed E-state index contributed by atoms with van der Waals surface area (Å²) in [6, 6.07) is -22.9. The first kappa shape index (κ1) is 111. The van der Waals surface area contributed by atoms with Gasteiger partial charge in [-0.05, 0) is 118 Å². The number of aliphatic hydroxyl groups excluding tert-OH is 1. The molecule has 24 N–H and O–H groups in total. The molecule has 1 rings (SSSR count). The number of carbonyl (C=O) groups excluding carboxylic acids is 19. The number of amides is 18. The average molecular weight is 1760 g/mol. The Balaban J connectivity index is 4.20. The van der Waals surface area contributed by atoms with Crippen LogP contribution in [-0.2, 0) is 101 Å². The number of primary amides is 4. The molecule has 0 aromatic carbocycles. The van der Waals surface area contributed by atoms with Gasteiger partial charge >= 0.3 is 11.9 Å². The van der Waals surface area contributed by atoms with Crippen molar-refractivity contribution in [2.45, 2.75) is 350 Å². The van der Waals surface area contributed by atoms with E-state index in [2.05, 4.69) is 81.4 Å². The van der Waals surface area contributed by atoms with E-state index < -0.39 is 303 Å². The Morgan fingerprint density at radius 2 is 0.742 bits per heavy atom. The van der Waals surface area contributed by atoms with Crippen LogP contribution in [0, 0.1) is 47.3 Å². The van der Waals surface area contributed by atoms with Gasteiger partial charge < -0.3 is 112 Å². The number of carboxylic acid groups (broad SMARTS) is 1. The van der Waals surface area contributed by atoms with Crippen LogP contribution < -0.4 is 97.4 Å². The van der Waals surface area contributed by atoms with Gasteiger partial charge in [0.15, 0.2) is 0 Å². The number of cyclic esters (lactones) is 1. The average Bonchev–Trinajstić information content (AvgIpc) is 0.936. The molecule has 41 heteroatoms. The highest BCUT2D eigenvalue weighted by molar-refractivity contribution is 6.01. The van der Waals surface area contributed by atoms with Gasteiger partial charge in [-0.1, -0.05) is 150 Å². The van der Waals surface area contributed by atoms with Crippen molar-refractivity contribution in [2.24, 2.45) is 70.3 Å². The summed E-state index contributed by atoms with van der Waals surface area (Å²) in [6.45, 7) is 26.9. The van der Waals surface area contributed by atoms with Gasteiger partial charge in [0.1, 0.15) is 91.2 Å². The first-order chi connectivity index (χ1) is 57.8. The van der Waals surface area contributed by atoms with Crippen molar-refractivity contribution in [1.29, 1.82) is 0 Å². The van der Waals surface area contributed by atoms with E-state index in [-0.39, 0.29) is 62.2 Å². The summed E-state index contributed by atoms with van der Waals surface area (Å²) in [5.74, 6) is -25.2. The number of hydrogen-bond acceptors (Lipinski definition) is 22. The third-order valence-electron chi connectivity index (χ3n) is 20.0. The van der Waals surface area contributed by atoms with Crippen LogP contribution >= 0.6 is 0 Å². The molecular weight excluding hydrogens is 1620 g/mol. The molecular formula is C83H144N18O23. The number of carboxylic acids is 1. The molecule has 0 aliphatic carbocycles. The predicted octanol–water partition coefficient (Wildman–Crippen LogP) is -1.43. The van der Waals surface area contributed by atoms with Crippen molar-refractivity contribution in [3.05, 3.63) is 0 Å². The zero-order valence-electron chi connectivity index (χ0n) is 75.3. The van der Waals surface area contributed by atoms with Crippen LogP contribution in [0.15, 0.2) is 0 Å². The van der Waals surface area contributed by atoms with E-state index in [9.17, 15) is 96.5 Å². The highest BCUT2D eigenvalue weighted by Gasteiger charge is 2.41. The topological polar surface area (TPSA) is 664 Å². The molecule has 0 bridgehead atoms. The Kier molecular flexibility index (Phi) is 51.2. The Morgan fingerprint density at radius 1 is 0.387 bits per heavy atom. The third-order valence-corrected chi connectivity index (χ3v) is 20.0. The second-order valence-corrected chi connectivity index (χ2v) is 35.2. The molecule has 1 fully saturated rings. The summed E-state index contributed by atoms with van der Waals surface area (Å²) >= 11 is 0. The van der Waals surface area contributed by atoms with Gasteiger partial charge in [-0.25, -0.2) is 4.79 Å². The highest BCUT2D eigenvalue weighted by Crippen LogP contribution is 2.19. The lowest BCUT2D eigenvalue weighted by Gasteiger charge is -2.30. The Bertz CT molecular complexity index is 3610. The molecule has 0 unspecified atom stereocenters. The van der Waals surface area contributed by atoms with Crippen LogP contribution in [0.5, 0.6) is 0 Å². The standard InChI is InChI=1S/C83H144N18O23/c1-18-19-20-21-22-23-49(102)39-65(107)88-55(34-41(2)3)75(115)93-54(28-33-66(108)109)70(110)89-52(26-31-63(86)105)73(113)99-67(46(12)13)81(121)96-59(38-45(10)11)78(118)91-51(25-30-62(85)104)72(112)98-60-40-124-83(123)69(48(16)17)101-74(114)53(27-32-64(87)106)92-76(116)56(35-42(4)5)95-79(119)57(36-43(6)7)94-71(111)50(24-29-61(84)103)90-77(117)58(37-44(8)9)97-82(122)68(47(14)15)100-80(60)120/h41-60,67-69,102H,18-40H2,1-17H3,(H2,84,103)(H2,85,104)(H2,86,105)(H2,87,106)(H,88,107)(H,89,110)(H,90,117)(H,91,118)(H,92,116)(H,93,115)(H,94,111)(H,95,119)(H,96,121)(H,97,122)(H,98,112)(H,99,113)(H,100,120)(H,101,114)(H,108,109)/t49-,50+,51+,52-,53+,54-,55+,56+,57+,58-,59-,60+,67-,68+,69-/m1/s1. The van der Waals surface area contributed by atoms with Crippen molar-refractivity contribution in [3.63, 3.8) is 0 Å². The Labute approximate surface area is 727 Å². The minimum atomic E-state index is -2.11. The monoisotopic (exact) mass is 1760 g/mol. The number of nitrogens with one attached hydrogen (secondary N) is 14. The van der Waals surface area contributed by atoms with E-state index in [1.165, 1.54) is 41.5 Å². The smallest absolute Gasteiger partial charge is 0.328 e. The Morgan fingerprint density at radius 3 is 1.14 bits per heavy atom. The van der Waals surface area contributed by atoms with E-state index in [0.29, 0.717) is 12.8 Å². The summed E-state index contributed by atoms with van der Waals surface area (Å²) in [4.78, 5) is 279. The largest absolute Gasteiger partial charge is 0.481 e. The SMILES string of the molecule is CCCCCCC[C@@H](O)CC(=O)N[C@@H](CC(C)C)C(=O)N[C@H](CCC(=O)O)C(=O)N[C@H](CCC(N)=O)C(=O)N[C@@H](C(=O)N[C@H](CC(C)C)C(=O)N[C@@H](CCC(N)=O)C(=O)N[C@H]1COC(=O)[C@@H](C(C)C)NC(=O)[C@H](CCC(N)=O)NC(=O)[C@H](CC(C)C)NC(=O)[C@H](CC(C)C)NC(=O)[C@H](CCC(N)=O)NC(=O)[C@@H](CC(C)C)NC(=O)[C@H](C(C)C)NC1=O)C(C)C. The van der Waals surface area contributed by atoms with Crippen LogP contribution in [0.4, 0.5) is 0 Å². The molecule has 704 valence electrons. The molecule has 41 nitrogen and oxygen atoms in total. The van der Waals surface area contributed by atoms with Gasteiger partial charge in [-0.15, -0.1) is 0 Å². The number of esters is 1. The molecule has 1 aliphatic heterocycles. The van der Waals surface area contributed by atoms with E-state index in [4.69, 9.17) is 27.7 Å². The van der Waals surface area contributed by atoms with Crippen LogP contribution in [-0.4, -0.2) is 226 Å². The minimum Gasteiger partial charge on any atom is -0.481 e. The van der Waals surface area contributed by atoms with Crippen molar-refractivity contribution < 1.29 is 111 Å². The molecule has 0 spiro atoms. The summed E-state index contributed by atoms with van der Waals surface area (Å²) in [5.41, 5.74) is 22.2. The zero-order valence-corrected chi connectivity index (χ0v) is 75.3. The van der Waals surface area contributed by atoms with Gasteiger partial charge in [0.2, 0.25) is 106 Å². The van der Waals surface area contributed by atoms with Crippen molar-refractivity contribution in [3.8, 4) is 0 Å². The maximum Gasteiger partial charge on any atom is 0.328 e. The first-order valence-electron chi connectivity index (χ1n) is 43.2. The van der Waals surface area contributed by atoms with E-state index in [0.717, 1.165) is 25.7 Å². The third kappa shape index (κ3) is 44.6. The minimum absolute atomic E-state index is 0.0340. The number of aliphatic carboxylic acids is 1. The number of carbonyl (C=O) groups is 20. The molecule has 0 aromatic rings. The number of aliphatic hydroxyl groups is 1. The fraction of sp³-hybridized carbons (Fsp3) is 0.759. The molecule has 1 saturated heterocycles. The van der Waals surface area contributed by atoms with Gasteiger partial charge in [-0.2, -0.15) is 0 Å². The van der Waals surface area contributed by atoms with Crippen LogP contribution in [0.1, 0.15) is 259 Å². The summed E-state index contributed by atoms with van der Waals surface area (Å²) in [7, 11) is 0. The maximum absolute atomic E-state index is 15.1. The van der Waals surface area contributed by atoms with Crippen LogP contribution in [0.25, 0.3) is 0 Å². The van der Waals surface area contributed by atoms with Gasteiger partial charge in [0.05, 0.1) is 12.5 Å². The number of ether oxygens (including phenoxy) is 1. The van der Waals surface area contributed by atoms with E-state index in [1.54, 1.807) is 69.2 Å². The molecule has 124 heavy (non-hydrogen) atoms. The van der Waals surface area contributed by atoms with Crippen molar-refractivity contribution in [2.75, 3.05) is 6.61 Å². The van der Waals surface area contributed by atoms with Crippen LogP contribution in [0.2, 0.25) is 0 Å². The second-order valence-electron chi connectivity index (χ2n) is 35.2. The fourth-order valence-corrected chi connectivity index (χ4v) is 13.3. The zero-order chi connectivity index (χ0) is 94.7. The molecule has 0 aromatic heterocycles. The molecule has 1 heterocycles. The van der Waals surface area contributed by atoms with Crippen molar-refractivity contribution in [1.82, 2.24) is 74.4 Å². The highest BCUT2D eigenvalue weighted by atomic mass is 16.5.